The summed E-state index contributed by atoms with van der Waals surface area (Å²) < 4.78 is 32.5. The van der Waals surface area contributed by atoms with Gasteiger partial charge in [0.15, 0.2) is 16.4 Å². The van der Waals surface area contributed by atoms with Crippen LogP contribution in [0.15, 0.2) is 59.5 Å². The van der Waals surface area contributed by atoms with Crippen molar-refractivity contribution in [1.29, 1.82) is 0 Å². The van der Waals surface area contributed by atoms with E-state index in [1.54, 1.807) is 0 Å². The lowest BCUT2D eigenvalue weighted by molar-refractivity contribution is -0.145. The second kappa shape index (κ2) is 9.83. The number of esters is 2. The minimum Gasteiger partial charge on any atom is -0.467 e. The Labute approximate surface area is 168 Å². The van der Waals surface area contributed by atoms with Crippen molar-refractivity contribution in [3.8, 4) is 0 Å². The second-order valence-electron chi connectivity index (χ2n) is 6.21. The van der Waals surface area contributed by atoms with Gasteiger partial charge < -0.3 is 14.8 Å². The summed E-state index contributed by atoms with van der Waals surface area (Å²) in [7, 11) is -2.17. The van der Waals surface area contributed by atoms with Gasteiger partial charge in [0.05, 0.1) is 17.6 Å². The summed E-state index contributed by atoms with van der Waals surface area (Å²) in [5, 5.41) is 2.48. The third-order valence-electron chi connectivity index (χ3n) is 3.96. The topological polar surface area (TPSA) is 116 Å². The first-order valence-corrected chi connectivity index (χ1v) is 10.5. The summed E-state index contributed by atoms with van der Waals surface area (Å²) in [6.07, 6.45) is 1.28. The maximum atomic E-state index is 12.1. The van der Waals surface area contributed by atoms with Crippen molar-refractivity contribution < 1.29 is 32.3 Å². The Morgan fingerprint density at radius 3 is 2.17 bits per heavy atom. The molecule has 1 amide bonds. The van der Waals surface area contributed by atoms with Gasteiger partial charge in [-0.25, -0.2) is 18.0 Å². The monoisotopic (exact) mass is 419 g/mol. The zero-order chi connectivity index (χ0) is 21.4. The lowest BCUT2D eigenvalue weighted by Crippen LogP contribution is -2.44. The molecular formula is C20H21NO7S. The van der Waals surface area contributed by atoms with Crippen LogP contribution >= 0.6 is 0 Å². The number of ether oxygens (including phenoxy) is 2. The Hall–Kier alpha value is -3.20. The molecule has 1 N–H and O–H groups in total. The van der Waals surface area contributed by atoms with Crippen molar-refractivity contribution in [3.63, 3.8) is 0 Å². The number of carbonyl (C=O) groups is 3. The molecule has 0 aliphatic rings. The first-order chi connectivity index (χ1) is 13.7. The molecule has 0 aliphatic carbocycles. The van der Waals surface area contributed by atoms with Crippen molar-refractivity contribution in [3.05, 3.63) is 65.7 Å². The molecule has 0 aliphatic heterocycles. The zero-order valence-electron chi connectivity index (χ0n) is 16.0. The van der Waals surface area contributed by atoms with E-state index in [4.69, 9.17) is 9.47 Å². The molecule has 0 spiro atoms. The highest BCUT2D eigenvalue weighted by atomic mass is 32.2. The van der Waals surface area contributed by atoms with Crippen molar-refractivity contribution in [2.24, 2.45) is 0 Å². The van der Waals surface area contributed by atoms with E-state index in [2.05, 4.69) is 5.32 Å². The van der Waals surface area contributed by atoms with E-state index < -0.39 is 40.3 Å². The van der Waals surface area contributed by atoms with E-state index in [0.717, 1.165) is 11.8 Å². The molecule has 154 valence electrons. The van der Waals surface area contributed by atoms with Gasteiger partial charge in [0, 0.05) is 12.7 Å². The van der Waals surface area contributed by atoms with Crippen LogP contribution in [0.2, 0.25) is 0 Å². The molecule has 9 heteroatoms. The van der Waals surface area contributed by atoms with E-state index in [1.807, 2.05) is 30.3 Å². The molecule has 0 fully saturated rings. The Bertz CT molecular complexity index is 970. The Balaban J connectivity index is 1.94. The predicted octanol–water partition coefficient (Wildman–Crippen LogP) is 1.15. The van der Waals surface area contributed by atoms with Gasteiger partial charge >= 0.3 is 11.9 Å². The van der Waals surface area contributed by atoms with E-state index in [1.165, 1.54) is 31.4 Å². The normalized spacial score (nSPS) is 11.9. The summed E-state index contributed by atoms with van der Waals surface area (Å²) >= 11 is 0. The lowest BCUT2D eigenvalue weighted by Gasteiger charge is -2.16. The molecule has 0 saturated carbocycles. The fourth-order valence-electron chi connectivity index (χ4n) is 2.47. The molecule has 0 unspecified atom stereocenters. The summed E-state index contributed by atoms with van der Waals surface area (Å²) in [6.45, 7) is -0.602. The largest absolute Gasteiger partial charge is 0.467 e. The van der Waals surface area contributed by atoms with Gasteiger partial charge in [0.1, 0.15) is 6.04 Å². The van der Waals surface area contributed by atoms with Crippen LogP contribution in [-0.2, 0) is 35.3 Å². The van der Waals surface area contributed by atoms with E-state index in [-0.39, 0.29) is 16.9 Å². The quantitative estimate of drug-likeness (QED) is 0.638. The minimum absolute atomic E-state index is 0.0635. The number of carbonyl (C=O) groups excluding carboxylic acids is 3. The van der Waals surface area contributed by atoms with E-state index >= 15 is 0 Å². The molecule has 0 heterocycles. The molecular weight excluding hydrogens is 398 g/mol. The van der Waals surface area contributed by atoms with Crippen LogP contribution in [0, 0.1) is 0 Å². The highest BCUT2D eigenvalue weighted by molar-refractivity contribution is 7.90. The molecule has 0 aromatic heterocycles. The van der Waals surface area contributed by atoms with Gasteiger partial charge in [-0.1, -0.05) is 30.3 Å². The third-order valence-corrected chi connectivity index (χ3v) is 5.08. The van der Waals surface area contributed by atoms with Crippen LogP contribution in [0.4, 0.5) is 0 Å². The molecule has 0 saturated heterocycles. The van der Waals surface area contributed by atoms with Gasteiger partial charge in [-0.05, 0) is 29.8 Å². The maximum absolute atomic E-state index is 12.1. The second-order valence-corrected chi connectivity index (χ2v) is 8.22. The Kier molecular flexibility index (Phi) is 7.49. The first-order valence-electron chi connectivity index (χ1n) is 8.59. The highest BCUT2D eigenvalue weighted by Gasteiger charge is 2.22. The number of rotatable bonds is 8. The predicted molar refractivity (Wildman–Crippen MR) is 104 cm³/mol. The summed E-state index contributed by atoms with van der Waals surface area (Å²) in [4.78, 5) is 36.1. The standard InChI is InChI=1S/C20H21NO7S/c1-27-20(24)17(12-14-6-4-3-5-7-14)21-18(22)13-28-19(23)15-8-10-16(11-9-15)29(2,25)26/h3-11,17H,12-13H2,1-2H3,(H,21,22)/t17-/m0/s1. The van der Waals surface area contributed by atoms with Crippen molar-refractivity contribution in [1.82, 2.24) is 5.32 Å². The maximum Gasteiger partial charge on any atom is 0.338 e. The fourth-order valence-corrected chi connectivity index (χ4v) is 3.10. The first kappa shape index (κ1) is 22.1. The number of nitrogens with one attached hydrogen (secondary N) is 1. The average molecular weight is 419 g/mol. The van der Waals surface area contributed by atoms with Gasteiger partial charge in [0.25, 0.3) is 5.91 Å². The SMILES string of the molecule is COC(=O)[C@H](Cc1ccccc1)NC(=O)COC(=O)c1ccc(S(C)(=O)=O)cc1. The number of benzene rings is 2. The van der Waals surface area contributed by atoms with Crippen molar-refractivity contribution in [2.45, 2.75) is 17.4 Å². The third kappa shape index (κ3) is 6.72. The van der Waals surface area contributed by atoms with Crippen molar-refractivity contribution in [2.75, 3.05) is 20.0 Å². The van der Waals surface area contributed by atoms with Crippen LogP contribution in [0.25, 0.3) is 0 Å². The number of hydrogen-bond acceptors (Lipinski definition) is 7. The van der Waals surface area contributed by atoms with E-state index in [9.17, 15) is 22.8 Å². The van der Waals surface area contributed by atoms with Crippen LogP contribution in [0.5, 0.6) is 0 Å². The number of methoxy groups -OCH3 is 1. The summed E-state index contributed by atoms with van der Waals surface area (Å²) in [5.74, 6) is -2.08. The van der Waals surface area contributed by atoms with Crippen LogP contribution in [0.3, 0.4) is 0 Å². The highest BCUT2D eigenvalue weighted by Crippen LogP contribution is 2.11. The molecule has 0 bridgehead atoms. The molecule has 29 heavy (non-hydrogen) atoms. The molecule has 0 radical (unpaired) electrons. The lowest BCUT2D eigenvalue weighted by atomic mass is 10.1. The van der Waals surface area contributed by atoms with Gasteiger partial charge in [0.2, 0.25) is 0 Å². The Morgan fingerprint density at radius 1 is 1.00 bits per heavy atom. The van der Waals surface area contributed by atoms with E-state index in [0.29, 0.717) is 0 Å². The molecule has 8 nitrogen and oxygen atoms in total. The van der Waals surface area contributed by atoms with Gasteiger partial charge in [-0.3, -0.25) is 4.79 Å². The number of amides is 1. The fraction of sp³-hybridized carbons (Fsp3) is 0.250. The van der Waals surface area contributed by atoms with Crippen LogP contribution in [-0.4, -0.2) is 52.3 Å². The molecule has 2 rings (SSSR count). The van der Waals surface area contributed by atoms with Crippen LogP contribution < -0.4 is 5.32 Å². The van der Waals surface area contributed by atoms with Gasteiger partial charge in [-0.15, -0.1) is 0 Å². The summed E-state index contributed by atoms with van der Waals surface area (Å²) in [6, 6.07) is 13.3. The number of sulfone groups is 1. The van der Waals surface area contributed by atoms with Crippen LogP contribution in [0.1, 0.15) is 15.9 Å². The molecule has 1 atom stereocenters. The summed E-state index contributed by atoms with van der Waals surface area (Å²) in [5.41, 5.74) is 0.921. The zero-order valence-corrected chi connectivity index (χ0v) is 16.8. The Morgan fingerprint density at radius 2 is 1.62 bits per heavy atom. The van der Waals surface area contributed by atoms with Gasteiger partial charge in [-0.2, -0.15) is 0 Å². The number of hydrogen-bond donors (Lipinski definition) is 1. The smallest absolute Gasteiger partial charge is 0.338 e. The molecule has 2 aromatic carbocycles. The molecule has 2 aromatic rings. The minimum atomic E-state index is -3.38. The average Bonchev–Trinajstić information content (AvgIpc) is 2.71. The van der Waals surface area contributed by atoms with Crippen molar-refractivity contribution >= 4 is 27.7 Å².